The van der Waals surface area contributed by atoms with Gasteiger partial charge in [-0.3, -0.25) is 0 Å². The highest BCUT2D eigenvalue weighted by molar-refractivity contribution is 7.91. The lowest BCUT2D eigenvalue weighted by molar-refractivity contribution is 0.328. The van der Waals surface area contributed by atoms with E-state index in [9.17, 15) is 8.42 Å². The lowest BCUT2D eigenvalue weighted by Crippen LogP contribution is -2.22. The molecule has 0 aromatic rings. The zero-order valence-electron chi connectivity index (χ0n) is 9.54. The Morgan fingerprint density at radius 2 is 1.71 bits per heavy atom. The first-order chi connectivity index (χ1) is 6.33. The minimum Gasteiger partial charge on any atom is -0.330 e. The molecule has 0 aromatic carbocycles. The van der Waals surface area contributed by atoms with Gasteiger partial charge in [0.2, 0.25) is 0 Å². The van der Waals surface area contributed by atoms with E-state index >= 15 is 0 Å². The molecule has 0 spiro atoms. The molecule has 4 heteroatoms. The quantitative estimate of drug-likeness (QED) is 0.710. The van der Waals surface area contributed by atoms with Gasteiger partial charge in [0.05, 0.1) is 5.75 Å². The zero-order chi connectivity index (χ0) is 11.2. The summed E-state index contributed by atoms with van der Waals surface area (Å²) in [6, 6.07) is 0. The predicted molar refractivity (Wildman–Crippen MR) is 61.0 cm³/mol. The summed E-state index contributed by atoms with van der Waals surface area (Å²) in [7, 11) is -2.82. The van der Waals surface area contributed by atoms with Gasteiger partial charge in [-0.05, 0) is 31.2 Å². The van der Waals surface area contributed by atoms with Crippen molar-refractivity contribution < 1.29 is 8.42 Å². The van der Waals surface area contributed by atoms with Crippen LogP contribution in [0.25, 0.3) is 0 Å². The summed E-state index contributed by atoms with van der Waals surface area (Å²) in [5.41, 5.74) is 5.51. The van der Waals surface area contributed by atoms with Gasteiger partial charge in [-0.25, -0.2) is 8.42 Å². The largest absolute Gasteiger partial charge is 0.330 e. The van der Waals surface area contributed by atoms with Gasteiger partial charge in [-0.1, -0.05) is 20.8 Å². The van der Waals surface area contributed by atoms with Crippen LogP contribution < -0.4 is 5.73 Å². The zero-order valence-corrected chi connectivity index (χ0v) is 10.4. The molecular formula is C10H23NO2S. The molecule has 0 unspecified atom stereocenters. The fourth-order valence-electron chi connectivity index (χ4n) is 1.36. The third kappa shape index (κ3) is 6.38. The second-order valence-electron chi connectivity index (χ2n) is 4.60. The molecule has 0 aliphatic rings. The van der Waals surface area contributed by atoms with Crippen molar-refractivity contribution in [3.05, 3.63) is 0 Å². The highest BCUT2D eigenvalue weighted by atomic mass is 32.2. The van der Waals surface area contributed by atoms with Crippen LogP contribution in [0.3, 0.4) is 0 Å². The number of hydrogen-bond donors (Lipinski definition) is 1. The summed E-state index contributed by atoms with van der Waals surface area (Å²) >= 11 is 0. The molecule has 0 rings (SSSR count). The van der Waals surface area contributed by atoms with Crippen molar-refractivity contribution in [2.75, 3.05) is 18.1 Å². The average molecular weight is 221 g/mol. The summed E-state index contributed by atoms with van der Waals surface area (Å²) in [5.74, 6) is 0.611. The van der Waals surface area contributed by atoms with Crippen molar-refractivity contribution in [3.8, 4) is 0 Å². The maximum absolute atomic E-state index is 11.5. The third-order valence-electron chi connectivity index (χ3n) is 2.43. The number of nitrogens with two attached hydrogens (primary N) is 1. The van der Waals surface area contributed by atoms with Crippen LogP contribution in [-0.4, -0.2) is 26.5 Å². The second kappa shape index (κ2) is 5.71. The van der Waals surface area contributed by atoms with Crippen LogP contribution in [0.1, 0.15) is 40.0 Å². The SMILES string of the molecule is CCCS(=O)(=O)CCC(C)(C)CCN. The van der Waals surface area contributed by atoms with Crippen LogP contribution >= 0.6 is 0 Å². The first-order valence-electron chi connectivity index (χ1n) is 5.23. The Kier molecular flexibility index (Phi) is 5.67. The summed E-state index contributed by atoms with van der Waals surface area (Å²) in [6.07, 6.45) is 2.31. The Hall–Kier alpha value is -0.0900. The van der Waals surface area contributed by atoms with Crippen molar-refractivity contribution in [1.82, 2.24) is 0 Å². The third-order valence-corrected chi connectivity index (χ3v) is 4.28. The molecule has 0 bridgehead atoms. The normalized spacial score (nSPS) is 13.1. The average Bonchev–Trinajstić information content (AvgIpc) is 2.01. The van der Waals surface area contributed by atoms with Gasteiger partial charge in [0.25, 0.3) is 0 Å². The second-order valence-corrected chi connectivity index (χ2v) is 6.91. The van der Waals surface area contributed by atoms with Crippen molar-refractivity contribution >= 4 is 9.84 Å². The molecule has 0 fully saturated rings. The molecule has 0 aromatic heterocycles. The minimum atomic E-state index is -2.82. The summed E-state index contributed by atoms with van der Waals surface area (Å²) < 4.78 is 22.9. The van der Waals surface area contributed by atoms with E-state index in [1.54, 1.807) is 0 Å². The first kappa shape index (κ1) is 13.9. The van der Waals surface area contributed by atoms with E-state index < -0.39 is 9.84 Å². The van der Waals surface area contributed by atoms with Crippen molar-refractivity contribution in [1.29, 1.82) is 0 Å². The lowest BCUT2D eigenvalue weighted by atomic mass is 9.87. The Morgan fingerprint density at radius 1 is 1.14 bits per heavy atom. The predicted octanol–water partition coefficient (Wildman–Crippen LogP) is 1.58. The van der Waals surface area contributed by atoms with Crippen molar-refractivity contribution in [2.45, 2.75) is 40.0 Å². The molecule has 0 heterocycles. The monoisotopic (exact) mass is 221 g/mol. The van der Waals surface area contributed by atoms with Crippen LogP contribution in [0.15, 0.2) is 0 Å². The van der Waals surface area contributed by atoms with Crippen molar-refractivity contribution in [3.63, 3.8) is 0 Å². The van der Waals surface area contributed by atoms with Crippen LogP contribution in [-0.2, 0) is 9.84 Å². The van der Waals surface area contributed by atoms with Gasteiger partial charge >= 0.3 is 0 Å². The van der Waals surface area contributed by atoms with Gasteiger partial charge in [-0.2, -0.15) is 0 Å². The molecule has 0 aliphatic heterocycles. The van der Waals surface area contributed by atoms with Gasteiger partial charge < -0.3 is 5.73 Å². The molecule has 0 saturated carbocycles. The molecule has 0 aliphatic carbocycles. The summed E-state index contributed by atoms with van der Waals surface area (Å²) in [5, 5.41) is 0. The van der Waals surface area contributed by atoms with Crippen LogP contribution in [0.5, 0.6) is 0 Å². The molecule has 0 atom stereocenters. The van der Waals surface area contributed by atoms with E-state index in [1.165, 1.54) is 0 Å². The van der Waals surface area contributed by atoms with Crippen LogP contribution in [0.4, 0.5) is 0 Å². The molecule has 86 valence electrons. The van der Waals surface area contributed by atoms with E-state index in [0.29, 0.717) is 30.9 Å². The Labute approximate surface area is 88.0 Å². The minimum absolute atomic E-state index is 0.0512. The van der Waals surface area contributed by atoms with Crippen LogP contribution in [0, 0.1) is 5.41 Å². The van der Waals surface area contributed by atoms with Gasteiger partial charge in [0.1, 0.15) is 9.84 Å². The summed E-state index contributed by atoms with van der Waals surface area (Å²) in [6.45, 7) is 6.66. The standard InChI is InChI=1S/C10H23NO2S/c1-4-8-14(12,13)9-6-10(2,3)5-7-11/h4-9,11H2,1-3H3. The number of rotatable bonds is 7. The molecule has 3 nitrogen and oxygen atoms in total. The van der Waals surface area contributed by atoms with E-state index in [1.807, 2.05) is 6.92 Å². The first-order valence-corrected chi connectivity index (χ1v) is 7.05. The van der Waals surface area contributed by atoms with Gasteiger partial charge in [0.15, 0.2) is 0 Å². The molecule has 0 radical (unpaired) electrons. The Morgan fingerprint density at radius 3 is 2.14 bits per heavy atom. The van der Waals surface area contributed by atoms with Crippen LogP contribution in [0.2, 0.25) is 0 Å². The van der Waals surface area contributed by atoms with Gasteiger partial charge in [0, 0.05) is 5.75 Å². The summed E-state index contributed by atoms with van der Waals surface area (Å²) in [4.78, 5) is 0. The topological polar surface area (TPSA) is 60.2 Å². The van der Waals surface area contributed by atoms with E-state index in [4.69, 9.17) is 5.73 Å². The Balaban J connectivity index is 4.04. The fraction of sp³-hybridized carbons (Fsp3) is 1.00. The van der Waals surface area contributed by atoms with Gasteiger partial charge in [-0.15, -0.1) is 0 Å². The maximum Gasteiger partial charge on any atom is 0.150 e. The smallest absolute Gasteiger partial charge is 0.150 e. The molecule has 0 saturated heterocycles. The molecule has 0 amide bonds. The highest BCUT2D eigenvalue weighted by Gasteiger charge is 2.20. The maximum atomic E-state index is 11.5. The molecule has 14 heavy (non-hydrogen) atoms. The lowest BCUT2D eigenvalue weighted by Gasteiger charge is -2.23. The number of hydrogen-bond acceptors (Lipinski definition) is 3. The number of sulfone groups is 1. The van der Waals surface area contributed by atoms with E-state index in [-0.39, 0.29) is 5.41 Å². The fourth-order valence-corrected chi connectivity index (χ4v) is 3.05. The van der Waals surface area contributed by atoms with E-state index in [0.717, 1.165) is 6.42 Å². The molecular weight excluding hydrogens is 198 g/mol. The van der Waals surface area contributed by atoms with Crippen molar-refractivity contribution in [2.24, 2.45) is 11.1 Å². The van der Waals surface area contributed by atoms with E-state index in [2.05, 4.69) is 13.8 Å². The highest BCUT2D eigenvalue weighted by Crippen LogP contribution is 2.24. The molecule has 2 N–H and O–H groups in total. The Bertz CT molecular complexity index is 245.